The van der Waals surface area contributed by atoms with Crippen molar-refractivity contribution in [1.29, 1.82) is 0 Å². The Hall–Kier alpha value is -0.790. The minimum atomic E-state index is 0.128. The van der Waals surface area contributed by atoms with E-state index in [0.29, 0.717) is 0 Å². The van der Waals surface area contributed by atoms with E-state index in [2.05, 4.69) is 46.1 Å². The molecule has 21 heavy (non-hydrogen) atoms. The number of fused-ring (bicyclic) bond motifs is 1. The fourth-order valence-corrected chi connectivity index (χ4v) is 3.47. The topological polar surface area (TPSA) is 17.8 Å². The summed E-state index contributed by atoms with van der Waals surface area (Å²) in [5, 5.41) is 0. The Morgan fingerprint density at radius 3 is 1.90 bits per heavy atom. The first-order valence-electron chi connectivity index (χ1n) is 8.81. The van der Waals surface area contributed by atoms with Gasteiger partial charge >= 0.3 is 0 Å². The first-order chi connectivity index (χ1) is 9.71. The van der Waals surface area contributed by atoms with Crippen LogP contribution in [0.5, 0.6) is 0 Å². The van der Waals surface area contributed by atoms with E-state index in [-0.39, 0.29) is 10.8 Å². The third-order valence-corrected chi connectivity index (χ3v) is 4.50. The number of aromatic nitrogens is 2. The third kappa shape index (κ3) is 3.90. The Kier molecular flexibility index (Phi) is 4.85. The van der Waals surface area contributed by atoms with Crippen LogP contribution in [-0.4, -0.2) is 9.55 Å². The monoisotopic (exact) mass is 290 g/mol. The van der Waals surface area contributed by atoms with Gasteiger partial charge in [-0.1, -0.05) is 67.2 Å². The lowest BCUT2D eigenvalue weighted by atomic mass is 9.82. The Labute approximate surface area is 131 Å². The molecule has 0 atom stereocenters. The molecule has 1 aliphatic rings. The van der Waals surface area contributed by atoms with Gasteiger partial charge < -0.3 is 4.57 Å². The molecule has 2 heterocycles. The molecule has 0 bridgehead atoms. The van der Waals surface area contributed by atoms with Crippen molar-refractivity contribution in [2.45, 2.75) is 104 Å². The van der Waals surface area contributed by atoms with Crippen LogP contribution in [0, 0.1) is 0 Å². The number of rotatable bonds is 0. The van der Waals surface area contributed by atoms with Crippen LogP contribution in [0.15, 0.2) is 0 Å². The number of hydrogen-bond acceptors (Lipinski definition) is 1. The molecule has 1 aliphatic heterocycles. The predicted molar refractivity (Wildman–Crippen MR) is 91.0 cm³/mol. The normalized spacial score (nSPS) is 18.4. The number of hydrogen-bond donors (Lipinski definition) is 0. The second-order valence-electron chi connectivity index (χ2n) is 8.75. The summed E-state index contributed by atoms with van der Waals surface area (Å²) in [6.45, 7) is 15.1. The van der Waals surface area contributed by atoms with Crippen LogP contribution in [0.25, 0.3) is 0 Å². The van der Waals surface area contributed by atoms with Crippen molar-refractivity contribution >= 4 is 0 Å². The molecule has 0 aliphatic carbocycles. The van der Waals surface area contributed by atoms with Gasteiger partial charge in [0.2, 0.25) is 0 Å². The fourth-order valence-electron chi connectivity index (χ4n) is 3.47. The molecule has 0 aromatic carbocycles. The van der Waals surface area contributed by atoms with Crippen molar-refractivity contribution in [3.63, 3.8) is 0 Å². The van der Waals surface area contributed by atoms with Gasteiger partial charge in [0, 0.05) is 29.5 Å². The van der Waals surface area contributed by atoms with Gasteiger partial charge in [0.1, 0.15) is 5.82 Å². The molecule has 0 saturated carbocycles. The highest BCUT2D eigenvalue weighted by Gasteiger charge is 2.32. The van der Waals surface area contributed by atoms with E-state index in [4.69, 9.17) is 4.98 Å². The fraction of sp³-hybridized carbons (Fsp3) is 0.842. The molecule has 0 unspecified atom stereocenters. The van der Waals surface area contributed by atoms with Gasteiger partial charge in [-0.3, -0.25) is 0 Å². The standard InChI is InChI=1S/C19H34N2/c1-18(2,3)16-17(19(4,5)6)21-14-12-10-8-7-9-11-13-15(21)20-16/h7-14H2,1-6H3. The minimum Gasteiger partial charge on any atom is -0.331 e. The van der Waals surface area contributed by atoms with E-state index in [9.17, 15) is 0 Å². The molecule has 0 spiro atoms. The summed E-state index contributed by atoms with van der Waals surface area (Å²) in [6.07, 6.45) is 9.29. The number of imidazole rings is 1. The smallest absolute Gasteiger partial charge is 0.109 e. The van der Waals surface area contributed by atoms with Crippen LogP contribution in [0.4, 0.5) is 0 Å². The van der Waals surface area contributed by atoms with Crippen LogP contribution < -0.4 is 0 Å². The average molecular weight is 290 g/mol. The third-order valence-electron chi connectivity index (χ3n) is 4.50. The van der Waals surface area contributed by atoms with Gasteiger partial charge in [-0.25, -0.2) is 4.98 Å². The molecule has 0 radical (unpaired) electrons. The molecule has 1 aromatic rings. The molecule has 2 nitrogen and oxygen atoms in total. The van der Waals surface area contributed by atoms with Gasteiger partial charge in [0.25, 0.3) is 0 Å². The van der Waals surface area contributed by atoms with Gasteiger partial charge in [-0.2, -0.15) is 0 Å². The zero-order valence-corrected chi connectivity index (χ0v) is 15.1. The van der Waals surface area contributed by atoms with E-state index in [1.165, 1.54) is 55.7 Å². The molecule has 120 valence electrons. The van der Waals surface area contributed by atoms with E-state index >= 15 is 0 Å². The highest BCUT2D eigenvalue weighted by atomic mass is 15.1. The lowest BCUT2D eigenvalue weighted by Gasteiger charge is -2.28. The maximum Gasteiger partial charge on any atom is 0.109 e. The summed E-state index contributed by atoms with van der Waals surface area (Å²) in [4.78, 5) is 5.13. The SMILES string of the molecule is CC(C)(C)c1nc2n(c1C(C)(C)C)CCCCCCCC2. The van der Waals surface area contributed by atoms with Crippen molar-refractivity contribution in [3.8, 4) is 0 Å². The molecule has 2 rings (SSSR count). The Balaban J connectivity index is 2.51. The van der Waals surface area contributed by atoms with Gasteiger partial charge in [-0.05, 0) is 12.8 Å². The lowest BCUT2D eigenvalue weighted by molar-refractivity contribution is 0.455. The van der Waals surface area contributed by atoms with E-state index < -0.39 is 0 Å². The Morgan fingerprint density at radius 1 is 0.762 bits per heavy atom. The van der Waals surface area contributed by atoms with Crippen LogP contribution in [0.2, 0.25) is 0 Å². The average Bonchev–Trinajstić information content (AvgIpc) is 2.72. The zero-order valence-electron chi connectivity index (χ0n) is 15.1. The largest absolute Gasteiger partial charge is 0.331 e. The summed E-state index contributed by atoms with van der Waals surface area (Å²) in [5.41, 5.74) is 3.09. The van der Waals surface area contributed by atoms with Crippen molar-refractivity contribution < 1.29 is 0 Å². The van der Waals surface area contributed by atoms with E-state index in [1.54, 1.807) is 0 Å². The van der Waals surface area contributed by atoms with E-state index in [1.807, 2.05) is 0 Å². The molecular weight excluding hydrogens is 256 g/mol. The maximum absolute atomic E-state index is 5.13. The number of aryl methyl sites for hydroxylation is 1. The van der Waals surface area contributed by atoms with Crippen molar-refractivity contribution in [1.82, 2.24) is 9.55 Å². The first-order valence-corrected chi connectivity index (χ1v) is 8.81. The zero-order chi connectivity index (χ0) is 15.7. The molecule has 0 amide bonds. The van der Waals surface area contributed by atoms with Gasteiger partial charge in [0.05, 0.1) is 5.69 Å². The van der Waals surface area contributed by atoms with Gasteiger partial charge in [0.15, 0.2) is 0 Å². The first kappa shape index (κ1) is 16.6. The lowest BCUT2D eigenvalue weighted by Crippen LogP contribution is -2.25. The van der Waals surface area contributed by atoms with Crippen molar-refractivity contribution in [2.24, 2.45) is 0 Å². The summed E-state index contributed by atoms with van der Waals surface area (Å²) >= 11 is 0. The summed E-state index contributed by atoms with van der Waals surface area (Å²) in [7, 11) is 0. The molecule has 1 aromatic heterocycles. The summed E-state index contributed by atoms with van der Waals surface area (Å²) in [6, 6.07) is 0. The quantitative estimate of drug-likeness (QED) is 0.627. The Bertz CT molecular complexity index is 469. The molecule has 0 fully saturated rings. The number of nitrogens with zero attached hydrogens (tertiary/aromatic N) is 2. The maximum atomic E-state index is 5.13. The second kappa shape index (κ2) is 6.14. The van der Waals surface area contributed by atoms with Crippen molar-refractivity contribution in [3.05, 3.63) is 17.2 Å². The summed E-state index contributed by atoms with van der Waals surface area (Å²) < 4.78 is 2.58. The Morgan fingerprint density at radius 2 is 1.33 bits per heavy atom. The molecule has 2 heteroatoms. The van der Waals surface area contributed by atoms with Crippen molar-refractivity contribution in [2.75, 3.05) is 0 Å². The molecular formula is C19H34N2. The second-order valence-corrected chi connectivity index (χ2v) is 8.75. The predicted octanol–water partition coefficient (Wildman–Crippen LogP) is 5.37. The highest BCUT2D eigenvalue weighted by Crippen LogP contribution is 2.35. The molecule has 0 saturated heterocycles. The summed E-state index contributed by atoms with van der Waals surface area (Å²) in [5.74, 6) is 1.34. The molecule has 0 N–H and O–H groups in total. The van der Waals surface area contributed by atoms with Crippen LogP contribution in [-0.2, 0) is 23.8 Å². The van der Waals surface area contributed by atoms with E-state index in [0.717, 1.165) is 13.0 Å². The van der Waals surface area contributed by atoms with Crippen LogP contribution in [0.1, 0.15) is 97.3 Å². The minimum absolute atomic E-state index is 0.128. The van der Waals surface area contributed by atoms with Crippen LogP contribution in [0.3, 0.4) is 0 Å². The highest BCUT2D eigenvalue weighted by molar-refractivity contribution is 5.30. The van der Waals surface area contributed by atoms with Crippen LogP contribution >= 0.6 is 0 Å². The van der Waals surface area contributed by atoms with Gasteiger partial charge in [-0.15, -0.1) is 0 Å².